The summed E-state index contributed by atoms with van der Waals surface area (Å²) in [6.07, 6.45) is 0.789. The lowest BCUT2D eigenvalue weighted by Crippen LogP contribution is -1.83. The van der Waals surface area contributed by atoms with Gasteiger partial charge in [0.2, 0.25) is 5.89 Å². The van der Waals surface area contributed by atoms with Gasteiger partial charge in [0.1, 0.15) is 11.8 Å². The van der Waals surface area contributed by atoms with Gasteiger partial charge in [-0.3, -0.25) is 4.79 Å². The zero-order valence-corrected chi connectivity index (χ0v) is 9.46. The summed E-state index contributed by atoms with van der Waals surface area (Å²) in [5.74, 6) is 0.521. The molecule has 18 heavy (non-hydrogen) atoms. The zero-order chi connectivity index (χ0) is 12.5. The van der Waals surface area contributed by atoms with Gasteiger partial charge in [-0.15, -0.1) is 0 Å². The Hall–Kier alpha value is -2.62. The first-order valence-electron chi connectivity index (χ1n) is 5.48. The van der Waals surface area contributed by atoms with Crippen molar-refractivity contribution in [2.24, 2.45) is 0 Å². The van der Waals surface area contributed by atoms with Gasteiger partial charge in [-0.1, -0.05) is 0 Å². The molecule has 3 aromatic rings. The number of oxazole rings is 1. The molecule has 0 aliphatic rings. The van der Waals surface area contributed by atoms with Crippen LogP contribution in [0.4, 0.5) is 5.69 Å². The Bertz CT molecular complexity index is 714. The summed E-state index contributed by atoms with van der Waals surface area (Å²) in [5, 5.41) is 0. The fourth-order valence-electron chi connectivity index (χ4n) is 1.77. The fourth-order valence-corrected chi connectivity index (χ4v) is 1.77. The number of nitrogens with zero attached hydrogens (tertiary/aromatic N) is 1. The topological polar surface area (TPSA) is 69.1 Å². The first-order valence-corrected chi connectivity index (χ1v) is 5.48. The van der Waals surface area contributed by atoms with Gasteiger partial charge < -0.3 is 10.2 Å². The Kier molecular flexibility index (Phi) is 2.34. The minimum absolute atomic E-state index is 0.521. The van der Waals surface area contributed by atoms with E-state index in [0.29, 0.717) is 28.2 Å². The van der Waals surface area contributed by atoms with Crippen molar-refractivity contribution in [2.75, 3.05) is 5.73 Å². The molecule has 0 aliphatic heterocycles. The largest absolute Gasteiger partial charge is 0.436 e. The van der Waals surface area contributed by atoms with Crippen molar-refractivity contribution < 1.29 is 9.21 Å². The molecule has 0 fully saturated rings. The van der Waals surface area contributed by atoms with Crippen LogP contribution in [-0.2, 0) is 0 Å². The molecule has 3 rings (SSSR count). The smallest absolute Gasteiger partial charge is 0.227 e. The molecule has 0 spiro atoms. The van der Waals surface area contributed by atoms with Crippen molar-refractivity contribution in [2.45, 2.75) is 0 Å². The first-order chi connectivity index (χ1) is 8.76. The van der Waals surface area contributed by atoms with E-state index in [0.717, 1.165) is 11.8 Å². The number of aromatic nitrogens is 1. The van der Waals surface area contributed by atoms with Crippen LogP contribution in [-0.4, -0.2) is 11.3 Å². The number of aldehydes is 1. The van der Waals surface area contributed by atoms with Crippen LogP contribution in [0.15, 0.2) is 46.9 Å². The molecule has 0 radical (unpaired) electrons. The van der Waals surface area contributed by atoms with E-state index < -0.39 is 0 Å². The number of nitrogens with two attached hydrogens (primary N) is 1. The van der Waals surface area contributed by atoms with Crippen molar-refractivity contribution in [1.82, 2.24) is 4.98 Å². The van der Waals surface area contributed by atoms with E-state index in [9.17, 15) is 4.79 Å². The maximum absolute atomic E-state index is 10.7. The molecule has 2 aromatic carbocycles. The zero-order valence-electron chi connectivity index (χ0n) is 9.46. The van der Waals surface area contributed by atoms with Gasteiger partial charge >= 0.3 is 0 Å². The van der Waals surface area contributed by atoms with Gasteiger partial charge in [-0.2, -0.15) is 0 Å². The van der Waals surface area contributed by atoms with Crippen LogP contribution >= 0.6 is 0 Å². The Morgan fingerprint density at radius 1 is 1.11 bits per heavy atom. The maximum atomic E-state index is 10.7. The van der Waals surface area contributed by atoms with E-state index in [-0.39, 0.29) is 0 Å². The number of hydrogen-bond donors (Lipinski definition) is 1. The second-order valence-corrected chi connectivity index (χ2v) is 3.99. The highest BCUT2D eigenvalue weighted by atomic mass is 16.3. The van der Waals surface area contributed by atoms with Crippen LogP contribution in [0.2, 0.25) is 0 Å². The van der Waals surface area contributed by atoms with Gasteiger partial charge in [0, 0.05) is 16.8 Å². The summed E-state index contributed by atoms with van der Waals surface area (Å²) >= 11 is 0. The molecule has 1 aromatic heterocycles. The standard InChI is InChI=1S/C14H10N2O2/c15-11-4-2-10(3-5-11)14-16-12-7-9(8-17)1-6-13(12)18-14/h1-8H,15H2. The summed E-state index contributed by atoms with van der Waals surface area (Å²) < 4.78 is 5.63. The molecule has 0 saturated carbocycles. The predicted molar refractivity (Wildman–Crippen MR) is 69.2 cm³/mol. The van der Waals surface area contributed by atoms with E-state index in [2.05, 4.69) is 4.98 Å². The quantitative estimate of drug-likeness (QED) is 0.550. The highest BCUT2D eigenvalue weighted by Crippen LogP contribution is 2.25. The minimum atomic E-state index is 0.521. The molecule has 0 atom stereocenters. The molecule has 0 amide bonds. The third kappa shape index (κ3) is 1.73. The van der Waals surface area contributed by atoms with Gasteiger partial charge in [0.15, 0.2) is 5.58 Å². The lowest BCUT2D eigenvalue weighted by atomic mass is 10.2. The molecule has 0 saturated heterocycles. The first kappa shape index (κ1) is 10.5. The van der Waals surface area contributed by atoms with E-state index in [1.165, 1.54) is 0 Å². The van der Waals surface area contributed by atoms with Crippen molar-refractivity contribution >= 4 is 23.1 Å². The second kappa shape index (κ2) is 4.00. The van der Waals surface area contributed by atoms with Crippen LogP contribution in [0.3, 0.4) is 0 Å². The number of fused-ring (bicyclic) bond motifs is 1. The van der Waals surface area contributed by atoms with E-state index in [4.69, 9.17) is 10.2 Å². The third-order valence-corrected chi connectivity index (χ3v) is 2.71. The van der Waals surface area contributed by atoms with Gasteiger partial charge in [0.25, 0.3) is 0 Å². The Morgan fingerprint density at radius 3 is 2.61 bits per heavy atom. The average Bonchev–Trinajstić information content (AvgIpc) is 2.82. The fraction of sp³-hybridized carbons (Fsp3) is 0. The number of benzene rings is 2. The van der Waals surface area contributed by atoms with Crippen molar-refractivity contribution in [1.29, 1.82) is 0 Å². The minimum Gasteiger partial charge on any atom is -0.436 e. The maximum Gasteiger partial charge on any atom is 0.227 e. The summed E-state index contributed by atoms with van der Waals surface area (Å²) in [7, 11) is 0. The molecule has 4 heteroatoms. The number of carbonyl (C=O) groups excluding carboxylic acids is 1. The van der Waals surface area contributed by atoms with Gasteiger partial charge in [-0.25, -0.2) is 4.98 Å². The van der Waals surface area contributed by atoms with E-state index >= 15 is 0 Å². The van der Waals surface area contributed by atoms with E-state index in [1.807, 2.05) is 12.1 Å². The molecule has 2 N–H and O–H groups in total. The third-order valence-electron chi connectivity index (χ3n) is 2.71. The van der Waals surface area contributed by atoms with Crippen molar-refractivity contribution in [3.05, 3.63) is 48.0 Å². The van der Waals surface area contributed by atoms with Crippen molar-refractivity contribution in [3.8, 4) is 11.5 Å². The Labute approximate surface area is 103 Å². The van der Waals surface area contributed by atoms with E-state index in [1.54, 1.807) is 30.3 Å². The molecular formula is C14H10N2O2. The molecule has 1 heterocycles. The Balaban J connectivity index is 2.12. The van der Waals surface area contributed by atoms with Gasteiger partial charge in [-0.05, 0) is 42.5 Å². The normalized spacial score (nSPS) is 10.7. The van der Waals surface area contributed by atoms with Gasteiger partial charge in [0.05, 0.1) is 0 Å². The summed E-state index contributed by atoms with van der Waals surface area (Å²) in [6.45, 7) is 0. The number of nitrogen functional groups attached to an aromatic ring is 1. The average molecular weight is 238 g/mol. The highest BCUT2D eigenvalue weighted by Gasteiger charge is 2.08. The molecule has 0 aliphatic carbocycles. The molecule has 88 valence electrons. The molecular weight excluding hydrogens is 228 g/mol. The number of anilines is 1. The SMILES string of the molecule is Nc1ccc(-c2nc3cc(C=O)ccc3o2)cc1. The molecule has 0 unspecified atom stereocenters. The summed E-state index contributed by atoms with van der Waals surface area (Å²) in [6, 6.07) is 12.4. The number of carbonyl (C=O) groups is 1. The number of hydrogen-bond acceptors (Lipinski definition) is 4. The second-order valence-electron chi connectivity index (χ2n) is 3.99. The highest BCUT2D eigenvalue weighted by molar-refractivity contribution is 5.85. The van der Waals surface area contributed by atoms with Crippen LogP contribution in [0, 0.1) is 0 Å². The van der Waals surface area contributed by atoms with Crippen LogP contribution in [0.1, 0.15) is 10.4 Å². The molecule has 4 nitrogen and oxygen atoms in total. The lowest BCUT2D eigenvalue weighted by molar-refractivity contribution is 0.112. The van der Waals surface area contributed by atoms with Crippen LogP contribution < -0.4 is 5.73 Å². The monoisotopic (exact) mass is 238 g/mol. The van der Waals surface area contributed by atoms with Crippen LogP contribution in [0.25, 0.3) is 22.6 Å². The lowest BCUT2D eigenvalue weighted by Gasteiger charge is -1.95. The summed E-state index contributed by atoms with van der Waals surface area (Å²) in [4.78, 5) is 15.0. The summed E-state index contributed by atoms with van der Waals surface area (Å²) in [5.41, 5.74) is 9.09. The Morgan fingerprint density at radius 2 is 1.89 bits per heavy atom. The van der Waals surface area contributed by atoms with Crippen molar-refractivity contribution in [3.63, 3.8) is 0 Å². The predicted octanol–water partition coefficient (Wildman–Crippen LogP) is 2.89. The van der Waals surface area contributed by atoms with Crippen LogP contribution in [0.5, 0.6) is 0 Å². The number of rotatable bonds is 2. The molecule has 0 bridgehead atoms.